The van der Waals surface area contributed by atoms with Crippen LogP contribution in [0, 0.1) is 5.82 Å². The molecule has 0 saturated heterocycles. The summed E-state index contributed by atoms with van der Waals surface area (Å²) in [6.45, 7) is 0.0790. The van der Waals surface area contributed by atoms with Gasteiger partial charge in [0.25, 0.3) is 0 Å². The van der Waals surface area contributed by atoms with Crippen LogP contribution in [0.3, 0.4) is 0 Å². The molecule has 0 radical (unpaired) electrons. The summed E-state index contributed by atoms with van der Waals surface area (Å²) in [7, 11) is -3.85. The third kappa shape index (κ3) is 3.44. The number of nitrogens with two attached hydrogens (primary N) is 1. The summed E-state index contributed by atoms with van der Waals surface area (Å²) in [6.07, 6.45) is 0. The molecule has 0 spiro atoms. The Hall–Kier alpha value is -1.15. The number of thiophene rings is 1. The first kappa shape index (κ1) is 14.3. The van der Waals surface area contributed by atoms with Crippen molar-refractivity contribution in [1.82, 2.24) is 4.72 Å². The molecule has 0 aliphatic heterocycles. The van der Waals surface area contributed by atoms with E-state index in [1.54, 1.807) is 12.1 Å². The number of nitrogen functional groups attached to an aromatic ring is 1. The first-order chi connectivity index (χ1) is 8.88. The fourth-order valence-electron chi connectivity index (χ4n) is 1.43. The molecule has 1 aromatic carbocycles. The summed E-state index contributed by atoms with van der Waals surface area (Å²) in [5.74, 6) is -0.659. The van der Waals surface area contributed by atoms with Gasteiger partial charge >= 0.3 is 0 Å². The molecule has 0 aliphatic rings. The largest absolute Gasteiger partial charge is 0.398 e. The molecule has 3 N–H and O–H groups in total. The second-order valence-electron chi connectivity index (χ2n) is 3.71. The van der Waals surface area contributed by atoms with E-state index in [-0.39, 0.29) is 17.1 Å². The molecule has 2 rings (SSSR count). The predicted octanol–water partition coefficient (Wildman–Crippen LogP) is 2.60. The highest BCUT2D eigenvalue weighted by Crippen LogP contribution is 2.23. The van der Waals surface area contributed by atoms with Crippen LogP contribution < -0.4 is 10.5 Å². The lowest BCUT2D eigenvalue weighted by Gasteiger charge is -2.08. The first-order valence-corrected chi connectivity index (χ1v) is 7.85. The van der Waals surface area contributed by atoms with E-state index in [2.05, 4.69) is 4.72 Å². The number of benzene rings is 1. The SMILES string of the molecule is Nc1ccc(F)cc1S(=O)(=O)NCc1ccc(Cl)s1. The number of hydrogen-bond donors (Lipinski definition) is 2. The molecule has 0 saturated carbocycles. The van der Waals surface area contributed by atoms with Crippen molar-refractivity contribution in [2.75, 3.05) is 5.73 Å². The Labute approximate surface area is 119 Å². The molecule has 1 aromatic heterocycles. The van der Waals surface area contributed by atoms with Crippen molar-refractivity contribution < 1.29 is 12.8 Å². The molecule has 0 amide bonds. The van der Waals surface area contributed by atoms with Crippen LogP contribution in [-0.2, 0) is 16.6 Å². The zero-order valence-electron chi connectivity index (χ0n) is 9.56. The van der Waals surface area contributed by atoms with Crippen molar-refractivity contribution in [2.45, 2.75) is 11.4 Å². The smallest absolute Gasteiger partial charge is 0.243 e. The molecule has 8 heteroatoms. The Kier molecular flexibility index (Phi) is 4.10. The number of hydrogen-bond acceptors (Lipinski definition) is 4. The summed E-state index contributed by atoms with van der Waals surface area (Å²) in [4.78, 5) is 0.485. The van der Waals surface area contributed by atoms with Crippen LogP contribution in [0.25, 0.3) is 0 Å². The minimum atomic E-state index is -3.85. The van der Waals surface area contributed by atoms with Gasteiger partial charge in [-0.3, -0.25) is 0 Å². The van der Waals surface area contributed by atoms with Crippen LogP contribution in [-0.4, -0.2) is 8.42 Å². The van der Waals surface area contributed by atoms with Gasteiger partial charge in [-0.05, 0) is 30.3 Å². The fourth-order valence-corrected chi connectivity index (χ4v) is 3.70. The van der Waals surface area contributed by atoms with Crippen LogP contribution >= 0.6 is 22.9 Å². The normalized spacial score (nSPS) is 11.7. The molecule has 0 unspecified atom stereocenters. The summed E-state index contributed by atoms with van der Waals surface area (Å²) in [6, 6.07) is 6.59. The first-order valence-electron chi connectivity index (χ1n) is 5.17. The molecule has 0 bridgehead atoms. The number of sulfonamides is 1. The van der Waals surface area contributed by atoms with Crippen LogP contribution in [0.15, 0.2) is 35.2 Å². The molecule has 0 fully saturated rings. The highest BCUT2D eigenvalue weighted by Gasteiger charge is 2.18. The number of halogens is 2. The monoisotopic (exact) mass is 320 g/mol. The van der Waals surface area contributed by atoms with E-state index in [9.17, 15) is 12.8 Å². The summed E-state index contributed by atoms with van der Waals surface area (Å²) in [5, 5.41) is 0. The molecule has 0 atom stereocenters. The topological polar surface area (TPSA) is 72.2 Å². The molecule has 19 heavy (non-hydrogen) atoms. The van der Waals surface area contributed by atoms with E-state index < -0.39 is 15.8 Å². The summed E-state index contributed by atoms with van der Waals surface area (Å²) in [5.41, 5.74) is 5.54. The van der Waals surface area contributed by atoms with Gasteiger partial charge in [0, 0.05) is 11.4 Å². The molecule has 0 aliphatic carbocycles. The van der Waals surface area contributed by atoms with Gasteiger partial charge in [-0.15, -0.1) is 11.3 Å². The Morgan fingerprint density at radius 3 is 2.68 bits per heavy atom. The quantitative estimate of drug-likeness (QED) is 0.851. The van der Waals surface area contributed by atoms with E-state index in [1.165, 1.54) is 17.4 Å². The second-order valence-corrected chi connectivity index (χ2v) is 7.25. The summed E-state index contributed by atoms with van der Waals surface area (Å²) >= 11 is 7.01. The van der Waals surface area contributed by atoms with Crippen molar-refractivity contribution in [3.8, 4) is 0 Å². The Balaban J connectivity index is 2.20. The van der Waals surface area contributed by atoms with Crippen LogP contribution in [0.1, 0.15) is 4.88 Å². The number of nitrogens with one attached hydrogen (secondary N) is 1. The van der Waals surface area contributed by atoms with Crippen LogP contribution in [0.2, 0.25) is 4.34 Å². The van der Waals surface area contributed by atoms with E-state index >= 15 is 0 Å². The second kappa shape index (κ2) is 5.46. The maximum Gasteiger partial charge on any atom is 0.243 e. The van der Waals surface area contributed by atoms with Crippen molar-refractivity contribution in [1.29, 1.82) is 0 Å². The van der Waals surface area contributed by atoms with Crippen molar-refractivity contribution in [3.05, 3.63) is 45.4 Å². The van der Waals surface area contributed by atoms with Gasteiger partial charge < -0.3 is 5.73 Å². The zero-order chi connectivity index (χ0) is 14.0. The fraction of sp³-hybridized carbons (Fsp3) is 0.0909. The van der Waals surface area contributed by atoms with Gasteiger partial charge in [0.15, 0.2) is 0 Å². The minimum absolute atomic E-state index is 0.00175. The van der Waals surface area contributed by atoms with E-state index in [4.69, 9.17) is 17.3 Å². The Morgan fingerprint density at radius 2 is 2.05 bits per heavy atom. The predicted molar refractivity (Wildman–Crippen MR) is 74.2 cm³/mol. The van der Waals surface area contributed by atoms with Gasteiger partial charge in [-0.25, -0.2) is 17.5 Å². The molecule has 4 nitrogen and oxygen atoms in total. The van der Waals surface area contributed by atoms with Crippen LogP contribution in [0.4, 0.5) is 10.1 Å². The summed E-state index contributed by atoms with van der Waals surface area (Å²) < 4.78 is 40.0. The molecule has 1 heterocycles. The average molecular weight is 321 g/mol. The van der Waals surface area contributed by atoms with E-state index in [1.807, 2.05) is 0 Å². The lowest BCUT2D eigenvalue weighted by atomic mass is 10.3. The van der Waals surface area contributed by atoms with Gasteiger partial charge in [0.1, 0.15) is 10.7 Å². The molecule has 2 aromatic rings. The number of rotatable bonds is 4. The molecule has 102 valence electrons. The highest BCUT2D eigenvalue weighted by atomic mass is 35.5. The van der Waals surface area contributed by atoms with Gasteiger partial charge in [0.2, 0.25) is 10.0 Å². The number of anilines is 1. The van der Waals surface area contributed by atoms with E-state index in [0.717, 1.165) is 17.0 Å². The standard InChI is InChI=1S/C11H10ClFN2O2S2/c12-11-4-2-8(18-11)6-15-19(16,17)10-5-7(13)1-3-9(10)14/h1-5,15H,6,14H2. The Bertz CT molecular complexity index is 700. The van der Waals surface area contributed by atoms with Crippen LogP contribution in [0.5, 0.6) is 0 Å². The lowest BCUT2D eigenvalue weighted by Crippen LogP contribution is -2.23. The van der Waals surface area contributed by atoms with Gasteiger partial charge in [-0.2, -0.15) is 0 Å². The van der Waals surface area contributed by atoms with Gasteiger partial charge in [0.05, 0.1) is 10.0 Å². The van der Waals surface area contributed by atoms with E-state index in [0.29, 0.717) is 4.34 Å². The van der Waals surface area contributed by atoms with Crippen molar-refractivity contribution in [3.63, 3.8) is 0 Å². The Morgan fingerprint density at radius 1 is 1.32 bits per heavy atom. The highest BCUT2D eigenvalue weighted by molar-refractivity contribution is 7.89. The van der Waals surface area contributed by atoms with Gasteiger partial charge in [-0.1, -0.05) is 11.6 Å². The maximum atomic E-state index is 13.1. The average Bonchev–Trinajstić information content (AvgIpc) is 2.76. The third-order valence-electron chi connectivity index (χ3n) is 2.33. The van der Waals surface area contributed by atoms with Crippen molar-refractivity contribution in [2.24, 2.45) is 0 Å². The third-order valence-corrected chi connectivity index (χ3v) is 5.02. The van der Waals surface area contributed by atoms with Crippen molar-refractivity contribution >= 4 is 38.6 Å². The minimum Gasteiger partial charge on any atom is -0.398 e. The molecular weight excluding hydrogens is 311 g/mol. The zero-order valence-corrected chi connectivity index (χ0v) is 11.9. The lowest BCUT2D eigenvalue weighted by molar-refractivity contribution is 0.578. The maximum absolute atomic E-state index is 13.1. The molecular formula is C11H10ClFN2O2S2.